The largest absolute Gasteiger partial charge is 0.382 e. The van der Waals surface area contributed by atoms with Crippen LogP contribution in [-0.2, 0) is 4.74 Å². The van der Waals surface area contributed by atoms with Crippen LogP contribution in [0.4, 0.5) is 13.2 Å². The first-order valence-corrected chi connectivity index (χ1v) is 3.21. The summed E-state index contributed by atoms with van der Waals surface area (Å²) in [5, 5.41) is 7.12. The van der Waals surface area contributed by atoms with E-state index in [4.69, 9.17) is 9.84 Å². The van der Waals surface area contributed by atoms with Crippen LogP contribution < -0.4 is 0 Å². The molecule has 0 fully saturated rings. The number of aliphatic hydroxyl groups is 1. The van der Waals surface area contributed by atoms with E-state index < -0.39 is 12.8 Å². The number of ether oxygens (including phenoxy) is 1. The van der Waals surface area contributed by atoms with Gasteiger partial charge in [-0.3, -0.25) is 0 Å². The highest BCUT2D eigenvalue weighted by Gasteiger charge is 2.22. The third-order valence-electron chi connectivity index (χ3n) is 0.569. The average molecular weight is 174 g/mol. The van der Waals surface area contributed by atoms with Crippen LogP contribution in [0.1, 0.15) is 13.8 Å². The molecule has 0 spiro atoms. The molecule has 0 aliphatic rings. The third-order valence-corrected chi connectivity index (χ3v) is 0.569. The van der Waals surface area contributed by atoms with E-state index in [0.717, 1.165) is 13.2 Å². The van der Waals surface area contributed by atoms with Gasteiger partial charge in [0, 0.05) is 13.2 Å². The Hall–Kier alpha value is -0.290. The van der Waals surface area contributed by atoms with Crippen molar-refractivity contribution in [1.82, 2.24) is 0 Å². The standard InChI is InChI=1S/C4H10O.C2H3F3O/c1-3-5-4-2;3-1-2(4,5)6/h3-4H2,1-2H3;6H,1H2. The molecule has 0 amide bonds. The number of rotatable bonds is 3. The summed E-state index contributed by atoms with van der Waals surface area (Å²) < 4.78 is 36.6. The lowest BCUT2D eigenvalue weighted by Crippen LogP contribution is -2.15. The van der Waals surface area contributed by atoms with Gasteiger partial charge in [-0.25, -0.2) is 4.39 Å². The summed E-state index contributed by atoms with van der Waals surface area (Å²) in [6.07, 6.45) is -4.12. The second-order valence-corrected chi connectivity index (χ2v) is 1.58. The summed E-state index contributed by atoms with van der Waals surface area (Å²) in [6.45, 7) is 3.66. The molecule has 2 nitrogen and oxygen atoms in total. The molecule has 0 saturated heterocycles. The lowest BCUT2D eigenvalue weighted by atomic mass is 10.7. The second-order valence-electron chi connectivity index (χ2n) is 1.58. The van der Waals surface area contributed by atoms with E-state index in [9.17, 15) is 13.2 Å². The third kappa shape index (κ3) is 26.0. The molecular weight excluding hydrogens is 161 g/mol. The molecule has 0 radical (unpaired) electrons. The van der Waals surface area contributed by atoms with E-state index in [1.54, 1.807) is 0 Å². The molecular formula is C6H13F3O2. The highest BCUT2D eigenvalue weighted by Crippen LogP contribution is 2.06. The predicted molar refractivity (Wildman–Crippen MR) is 35.3 cm³/mol. The molecule has 0 aromatic carbocycles. The van der Waals surface area contributed by atoms with Gasteiger partial charge in [0.1, 0.15) is 0 Å². The van der Waals surface area contributed by atoms with Crippen molar-refractivity contribution in [3.63, 3.8) is 0 Å². The summed E-state index contributed by atoms with van der Waals surface area (Å²) in [6, 6.07) is 0. The minimum Gasteiger partial charge on any atom is -0.382 e. The highest BCUT2D eigenvalue weighted by molar-refractivity contribution is 4.38. The van der Waals surface area contributed by atoms with Gasteiger partial charge in [0.2, 0.25) is 0 Å². The van der Waals surface area contributed by atoms with Gasteiger partial charge in [-0.05, 0) is 13.8 Å². The fourth-order valence-electron chi connectivity index (χ4n) is 0.204. The fraction of sp³-hybridized carbons (Fsp3) is 1.00. The number of alkyl halides is 3. The Morgan fingerprint density at radius 1 is 1.27 bits per heavy atom. The predicted octanol–water partition coefficient (Wildman–Crippen LogP) is 1.58. The number of hydrogen-bond donors (Lipinski definition) is 1. The van der Waals surface area contributed by atoms with Gasteiger partial charge in [0.05, 0.1) is 0 Å². The Morgan fingerprint density at radius 3 is 1.55 bits per heavy atom. The molecule has 5 heteroatoms. The average Bonchev–Trinajstić information content (AvgIpc) is 1.90. The molecule has 0 saturated carbocycles. The molecule has 11 heavy (non-hydrogen) atoms. The molecule has 0 unspecified atom stereocenters. The zero-order chi connectivity index (χ0) is 9.33. The van der Waals surface area contributed by atoms with Crippen LogP contribution >= 0.6 is 0 Å². The zero-order valence-electron chi connectivity index (χ0n) is 6.61. The first kappa shape index (κ1) is 13.3. The number of hydrogen-bond acceptors (Lipinski definition) is 2. The maximum Gasteiger partial charge on any atom is 0.381 e. The van der Waals surface area contributed by atoms with Gasteiger partial charge in [-0.15, -0.1) is 0 Å². The SMILES string of the molecule is CCOCC.OC(F)(F)CF. The normalized spacial score (nSPS) is 10.4. The van der Waals surface area contributed by atoms with Crippen LogP contribution in [0.15, 0.2) is 0 Å². The Morgan fingerprint density at radius 2 is 1.55 bits per heavy atom. The molecule has 0 aliphatic carbocycles. The van der Waals surface area contributed by atoms with E-state index in [0.29, 0.717) is 0 Å². The van der Waals surface area contributed by atoms with Crippen molar-refractivity contribution in [1.29, 1.82) is 0 Å². The summed E-state index contributed by atoms with van der Waals surface area (Å²) in [4.78, 5) is 0. The second kappa shape index (κ2) is 7.81. The van der Waals surface area contributed by atoms with Crippen LogP contribution in [0.25, 0.3) is 0 Å². The van der Waals surface area contributed by atoms with Crippen molar-refractivity contribution in [3.8, 4) is 0 Å². The monoisotopic (exact) mass is 174 g/mol. The molecule has 70 valence electrons. The van der Waals surface area contributed by atoms with Crippen molar-refractivity contribution in [2.24, 2.45) is 0 Å². The number of halogens is 3. The van der Waals surface area contributed by atoms with E-state index in [1.807, 2.05) is 13.8 Å². The van der Waals surface area contributed by atoms with Gasteiger partial charge in [-0.1, -0.05) is 0 Å². The Kier molecular flexibility index (Phi) is 9.45. The highest BCUT2D eigenvalue weighted by atomic mass is 19.3. The van der Waals surface area contributed by atoms with Gasteiger partial charge < -0.3 is 9.84 Å². The molecule has 0 heterocycles. The van der Waals surface area contributed by atoms with E-state index >= 15 is 0 Å². The zero-order valence-corrected chi connectivity index (χ0v) is 6.61. The molecule has 0 aliphatic heterocycles. The molecule has 0 atom stereocenters. The minimum absolute atomic E-state index is 0.844. The Bertz CT molecular complexity index is 70.7. The quantitative estimate of drug-likeness (QED) is 0.703. The van der Waals surface area contributed by atoms with Gasteiger partial charge in [-0.2, -0.15) is 8.78 Å². The molecule has 0 aromatic rings. The van der Waals surface area contributed by atoms with Gasteiger partial charge >= 0.3 is 6.11 Å². The van der Waals surface area contributed by atoms with Crippen LogP contribution in [0.5, 0.6) is 0 Å². The Balaban J connectivity index is 0. The summed E-state index contributed by atoms with van der Waals surface area (Å²) >= 11 is 0. The Labute approximate surface area is 64.0 Å². The molecule has 0 bridgehead atoms. The smallest absolute Gasteiger partial charge is 0.381 e. The van der Waals surface area contributed by atoms with Crippen molar-refractivity contribution in [3.05, 3.63) is 0 Å². The first-order valence-electron chi connectivity index (χ1n) is 3.21. The van der Waals surface area contributed by atoms with Gasteiger partial charge in [0.25, 0.3) is 0 Å². The minimum atomic E-state index is -4.12. The lowest BCUT2D eigenvalue weighted by Gasteiger charge is -1.97. The van der Waals surface area contributed by atoms with Crippen LogP contribution in [0.3, 0.4) is 0 Å². The fourth-order valence-corrected chi connectivity index (χ4v) is 0.204. The molecule has 1 N–H and O–H groups in total. The van der Waals surface area contributed by atoms with E-state index in [2.05, 4.69) is 0 Å². The topological polar surface area (TPSA) is 29.5 Å². The lowest BCUT2D eigenvalue weighted by molar-refractivity contribution is -0.208. The van der Waals surface area contributed by atoms with Crippen LogP contribution in [0.2, 0.25) is 0 Å². The summed E-state index contributed by atoms with van der Waals surface area (Å²) in [5.74, 6) is 0. The molecule has 0 aromatic heterocycles. The van der Waals surface area contributed by atoms with Crippen molar-refractivity contribution >= 4 is 0 Å². The van der Waals surface area contributed by atoms with Crippen molar-refractivity contribution in [2.75, 3.05) is 19.9 Å². The first-order chi connectivity index (χ1) is 4.97. The van der Waals surface area contributed by atoms with Crippen molar-refractivity contribution < 1.29 is 23.0 Å². The van der Waals surface area contributed by atoms with Gasteiger partial charge in [0.15, 0.2) is 6.67 Å². The van der Waals surface area contributed by atoms with E-state index in [1.165, 1.54) is 0 Å². The van der Waals surface area contributed by atoms with E-state index in [-0.39, 0.29) is 0 Å². The molecule has 0 rings (SSSR count). The van der Waals surface area contributed by atoms with Crippen molar-refractivity contribution in [2.45, 2.75) is 20.0 Å². The van der Waals surface area contributed by atoms with Crippen LogP contribution in [-0.4, -0.2) is 31.1 Å². The summed E-state index contributed by atoms with van der Waals surface area (Å²) in [5.41, 5.74) is 0. The summed E-state index contributed by atoms with van der Waals surface area (Å²) in [7, 11) is 0. The maximum atomic E-state index is 10.6. The maximum absolute atomic E-state index is 10.6. The van der Waals surface area contributed by atoms with Crippen LogP contribution in [0, 0.1) is 0 Å².